The molecule has 0 unspecified atom stereocenters. The van der Waals surface area contributed by atoms with Crippen LogP contribution in [0.3, 0.4) is 0 Å². The molecule has 0 saturated heterocycles. The molecule has 0 heterocycles. The standard InChI is InChI=1S/C13H14F3NO2S2/c1-20-12(21-2)9(11(17)19)10(18)7-4-3-5-8(6-7)13(14,15)16/h3-6,11,19H,17H2,1-2H3/t11-/m0/s1. The Hall–Kier alpha value is -0.960. The number of benzene rings is 1. The summed E-state index contributed by atoms with van der Waals surface area (Å²) in [7, 11) is 0. The van der Waals surface area contributed by atoms with Gasteiger partial charge in [-0.2, -0.15) is 13.2 Å². The maximum Gasteiger partial charge on any atom is 0.416 e. The van der Waals surface area contributed by atoms with E-state index < -0.39 is 23.8 Å². The summed E-state index contributed by atoms with van der Waals surface area (Å²) in [5.74, 6) is -0.713. The van der Waals surface area contributed by atoms with Crippen LogP contribution in [-0.4, -0.2) is 29.6 Å². The number of alkyl halides is 3. The molecule has 0 aliphatic heterocycles. The summed E-state index contributed by atoms with van der Waals surface area (Å²) in [6, 6.07) is 4.04. The molecule has 1 atom stereocenters. The van der Waals surface area contributed by atoms with Crippen molar-refractivity contribution in [2.24, 2.45) is 5.73 Å². The molecule has 21 heavy (non-hydrogen) atoms. The fourth-order valence-electron chi connectivity index (χ4n) is 1.64. The lowest BCUT2D eigenvalue weighted by molar-refractivity contribution is -0.137. The number of aliphatic hydroxyl groups excluding tert-OH is 1. The van der Waals surface area contributed by atoms with E-state index in [9.17, 15) is 23.1 Å². The molecule has 3 N–H and O–H groups in total. The number of ketones is 1. The lowest BCUT2D eigenvalue weighted by Crippen LogP contribution is -2.28. The molecule has 0 bridgehead atoms. The molecule has 8 heteroatoms. The molecular weight excluding hydrogens is 323 g/mol. The molecular formula is C13H14F3NO2S2. The van der Waals surface area contributed by atoms with E-state index in [1.54, 1.807) is 12.5 Å². The second-order valence-corrected chi connectivity index (χ2v) is 5.85. The third-order valence-electron chi connectivity index (χ3n) is 2.58. The van der Waals surface area contributed by atoms with E-state index in [1.165, 1.54) is 29.6 Å². The number of carbonyl (C=O) groups excluding carboxylic acids is 1. The lowest BCUT2D eigenvalue weighted by atomic mass is 10.0. The SMILES string of the molecule is CSC(SC)=C(C(=O)c1cccc(C(F)(F)F)c1)[C@@H](N)O. The average Bonchev–Trinajstić information content (AvgIpc) is 2.42. The van der Waals surface area contributed by atoms with E-state index >= 15 is 0 Å². The average molecular weight is 337 g/mol. The Balaban J connectivity index is 3.32. The van der Waals surface area contributed by atoms with Gasteiger partial charge in [-0.1, -0.05) is 12.1 Å². The Bertz CT molecular complexity index is 551. The van der Waals surface area contributed by atoms with Crippen molar-refractivity contribution in [3.63, 3.8) is 0 Å². The van der Waals surface area contributed by atoms with Crippen LogP contribution in [-0.2, 0) is 6.18 Å². The summed E-state index contributed by atoms with van der Waals surface area (Å²) in [5.41, 5.74) is 4.19. The van der Waals surface area contributed by atoms with Crippen LogP contribution in [0.25, 0.3) is 0 Å². The fourth-order valence-corrected chi connectivity index (χ4v) is 3.18. The van der Waals surface area contributed by atoms with Gasteiger partial charge in [-0.25, -0.2) is 0 Å². The van der Waals surface area contributed by atoms with Gasteiger partial charge in [-0.3, -0.25) is 4.79 Å². The summed E-state index contributed by atoms with van der Waals surface area (Å²) < 4.78 is 38.5. The zero-order chi connectivity index (χ0) is 16.2. The highest BCUT2D eigenvalue weighted by atomic mass is 32.2. The van der Waals surface area contributed by atoms with Crippen LogP contribution in [0.2, 0.25) is 0 Å². The van der Waals surface area contributed by atoms with Gasteiger partial charge in [0.2, 0.25) is 0 Å². The molecule has 0 radical (unpaired) electrons. The smallest absolute Gasteiger partial charge is 0.374 e. The summed E-state index contributed by atoms with van der Waals surface area (Å²) >= 11 is 2.40. The number of Topliss-reactive ketones (excluding diaryl/α,β-unsaturated/α-hetero) is 1. The zero-order valence-electron chi connectivity index (χ0n) is 11.3. The number of nitrogens with two attached hydrogens (primary N) is 1. The topological polar surface area (TPSA) is 63.3 Å². The maximum absolute atomic E-state index is 12.7. The molecule has 1 aromatic carbocycles. The molecule has 0 aliphatic carbocycles. The largest absolute Gasteiger partial charge is 0.416 e. The summed E-state index contributed by atoms with van der Waals surface area (Å²) in [5, 5.41) is 9.56. The van der Waals surface area contributed by atoms with Gasteiger partial charge in [0.1, 0.15) is 6.23 Å². The third kappa shape index (κ3) is 4.50. The van der Waals surface area contributed by atoms with Gasteiger partial charge in [0.05, 0.1) is 15.4 Å². The molecule has 0 spiro atoms. The van der Waals surface area contributed by atoms with Gasteiger partial charge in [-0.05, 0) is 24.6 Å². The van der Waals surface area contributed by atoms with Gasteiger partial charge in [0.15, 0.2) is 5.78 Å². The first kappa shape index (κ1) is 18.1. The van der Waals surface area contributed by atoms with Gasteiger partial charge >= 0.3 is 6.18 Å². The van der Waals surface area contributed by atoms with Gasteiger partial charge in [0.25, 0.3) is 0 Å². The number of rotatable bonds is 5. The minimum absolute atomic E-state index is 0.102. The number of thioether (sulfide) groups is 2. The third-order valence-corrected chi connectivity index (χ3v) is 4.76. The Labute approximate surface area is 128 Å². The highest BCUT2D eigenvalue weighted by Crippen LogP contribution is 2.32. The van der Waals surface area contributed by atoms with Crippen LogP contribution >= 0.6 is 23.5 Å². The highest BCUT2D eigenvalue weighted by Gasteiger charge is 2.31. The number of hydrogen-bond donors (Lipinski definition) is 2. The molecule has 1 rings (SSSR count). The first-order valence-corrected chi connectivity index (χ1v) is 8.15. The molecule has 0 amide bonds. The van der Waals surface area contributed by atoms with E-state index in [0.29, 0.717) is 4.24 Å². The molecule has 0 aromatic heterocycles. The molecule has 0 aliphatic rings. The minimum Gasteiger partial charge on any atom is -0.374 e. The Morgan fingerprint density at radius 2 is 1.86 bits per heavy atom. The molecule has 3 nitrogen and oxygen atoms in total. The number of halogens is 3. The van der Waals surface area contributed by atoms with Crippen molar-refractivity contribution in [3.05, 3.63) is 45.2 Å². The predicted molar refractivity (Wildman–Crippen MR) is 80.0 cm³/mol. The van der Waals surface area contributed by atoms with Crippen molar-refractivity contribution in [1.29, 1.82) is 0 Å². The van der Waals surface area contributed by atoms with E-state index in [4.69, 9.17) is 5.73 Å². The van der Waals surface area contributed by atoms with E-state index in [0.717, 1.165) is 18.2 Å². The second-order valence-electron chi connectivity index (χ2n) is 3.96. The minimum atomic E-state index is -4.54. The Kier molecular flexibility index (Phi) is 6.33. The van der Waals surface area contributed by atoms with Crippen LogP contribution in [0.4, 0.5) is 13.2 Å². The van der Waals surface area contributed by atoms with Crippen LogP contribution in [0.15, 0.2) is 34.1 Å². The van der Waals surface area contributed by atoms with Crippen molar-refractivity contribution in [3.8, 4) is 0 Å². The van der Waals surface area contributed by atoms with Gasteiger partial charge < -0.3 is 10.8 Å². The highest BCUT2D eigenvalue weighted by molar-refractivity contribution is 8.21. The van der Waals surface area contributed by atoms with Crippen molar-refractivity contribution in [1.82, 2.24) is 0 Å². The van der Waals surface area contributed by atoms with Crippen LogP contribution < -0.4 is 5.73 Å². The Morgan fingerprint density at radius 3 is 2.29 bits per heavy atom. The zero-order valence-corrected chi connectivity index (χ0v) is 12.9. The number of carbonyl (C=O) groups is 1. The second kappa shape index (κ2) is 7.35. The van der Waals surface area contributed by atoms with E-state index in [-0.39, 0.29) is 11.1 Å². The molecule has 0 fully saturated rings. The number of aliphatic hydroxyl groups is 1. The summed E-state index contributed by atoms with van der Waals surface area (Å²) in [4.78, 5) is 12.3. The fraction of sp³-hybridized carbons (Fsp3) is 0.308. The van der Waals surface area contributed by atoms with Crippen LogP contribution in [0, 0.1) is 0 Å². The molecule has 1 aromatic rings. The van der Waals surface area contributed by atoms with Gasteiger partial charge in [0, 0.05) is 5.56 Å². The summed E-state index contributed by atoms with van der Waals surface area (Å²) in [6.07, 6.45) is -2.72. The van der Waals surface area contributed by atoms with E-state index in [2.05, 4.69) is 0 Å². The summed E-state index contributed by atoms with van der Waals surface area (Å²) in [6.45, 7) is 0. The van der Waals surface area contributed by atoms with Crippen LogP contribution in [0.1, 0.15) is 15.9 Å². The first-order valence-electron chi connectivity index (χ1n) is 5.70. The van der Waals surface area contributed by atoms with Crippen molar-refractivity contribution in [2.45, 2.75) is 12.4 Å². The maximum atomic E-state index is 12.7. The normalized spacial score (nSPS) is 12.9. The van der Waals surface area contributed by atoms with Crippen LogP contribution in [0.5, 0.6) is 0 Å². The monoisotopic (exact) mass is 337 g/mol. The molecule has 0 saturated carbocycles. The lowest BCUT2D eigenvalue weighted by Gasteiger charge is -2.15. The Morgan fingerprint density at radius 1 is 1.29 bits per heavy atom. The molecule has 116 valence electrons. The van der Waals surface area contributed by atoms with Crippen molar-refractivity contribution >= 4 is 29.3 Å². The van der Waals surface area contributed by atoms with Crippen molar-refractivity contribution < 1.29 is 23.1 Å². The van der Waals surface area contributed by atoms with Gasteiger partial charge in [-0.15, -0.1) is 23.5 Å². The van der Waals surface area contributed by atoms with Crippen molar-refractivity contribution in [2.75, 3.05) is 12.5 Å². The first-order chi connectivity index (χ1) is 9.72. The number of hydrogen-bond acceptors (Lipinski definition) is 5. The van der Waals surface area contributed by atoms with E-state index in [1.807, 2.05) is 0 Å². The quantitative estimate of drug-likeness (QED) is 0.491. The predicted octanol–water partition coefficient (Wildman–Crippen LogP) is 3.10.